The smallest absolute Gasteiger partial charge is 0.0675 e. The van der Waals surface area contributed by atoms with Gasteiger partial charge in [0.1, 0.15) is 0 Å². The minimum atomic E-state index is 0.288. The van der Waals surface area contributed by atoms with Gasteiger partial charge in [-0.05, 0) is 12.0 Å². The van der Waals surface area contributed by atoms with Gasteiger partial charge in [-0.2, -0.15) is 0 Å². The first kappa shape index (κ1) is 7.81. The topological polar surface area (TPSA) is 9.23 Å². The van der Waals surface area contributed by atoms with Crippen LogP contribution in [0.15, 0.2) is 30.3 Å². The summed E-state index contributed by atoms with van der Waals surface area (Å²) < 4.78 is 5.33. The van der Waals surface area contributed by atoms with E-state index < -0.39 is 0 Å². The van der Waals surface area contributed by atoms with Gasteiger partial charge in [0.15, 0.2) is 0 Å². The van der Waals surface area contributed by atoms with Crippen LogP contribution in [-0.2, 0) is 10.2 Å². The van der Waals surface area contributed by atoms with Crippen molar-refractivity contribution in [1.82, 2.24) is 0 Å². The van der Waals surface area contributed by atoms with Crippen molar-refractivity contribution in [2.24, 2.45) is 0 Å². The Hall–Kier alpha value is -0.820. The van der Waals surface area contributed by atoms with Crippen LogP contribution in [0.25, 0.3) is 0 Å². The molecule has 1 aliphatic rings. The lowest BCUT2D eigenvalue weighted by atomic mass is 9.98. The molecule has 0 N–H and O–H groups in total. The van der Waals surface area contributed by atoms with Crippen molar-refractivity contribution in [2.45, 2.75) is 24.9 Å². The largest absolute Gasteiger partial charge is 0.381 e. The van der Waals surface area contributed by atoms with E-state index in [0.717, 1.165) is 6.42 Å². The summed E-state index contributed by atoms with van der Waals surface area (Å²) in [5, 5.41) is 0. The number of rotatable bonds is 2. The molecule has 0 heterocycles. The summed E-state index contributed by atoms with van der Waals surface area (Å²) in [6.07, 6.45) is 1.59. The van der Waals surface area contributed by atoms with E-state index in [9.17, 15) is 0 Å². The number of hydrogen-bond donors (Lipinski definition) is 0. The van der Waals surface area contributed by atoms with Crippen molar-refractivity contribution in [2.75, 3.05) is 7.11 Å². The zero-order chi connectivity index (χ0) is 8.60. The Kier molecular flexibility index (Phi) is 1.69. The standard InChI is InChI=1S/C11H14O/c1-11(8-10(11)12-2)9-6-4-3-5-7-9/h3-7,10H,8H2,1-2H3/t10-,11-/m0/s1. The molecule has 1 aromatic rings. The van der Waals surface area contributed by atoms with Crippen molar-refractivity contribution in [3.63, 3.8) is 0 Å². The van der Waals surface area contributed by atoms with Gasteiger partial charge in [0, 0.05) is 12.5 Å². The summed E-state index contributed by atoms with van der Waals surface area (Å²) in [5.74, 6) is 0. The first-order chi connectivity index (χ1) is 5.77. The van der Waals surface area contributed by atoms with Gasteiger partial charge in [-0.3, -0.25) is 0 Å². The zero-order valence-corrected chi connectivity index (χ0v) is 7.58. The number of methoxy groups -OCH3 is 1. The van der Waals surface area contributed by atoms with Crippen LogP contribution in [-0.4, -0.2) is 13.2 Å². The fourth-order valence-corrected chi connectivity index (χ4v) is 1.79. The van der Waals surface area contributed by atoms with E-state index in [1.54, 1.807) is 7.11 Å². The summed E-state index contributed by atoms with van der Waals surface area (Å²) in [4.78, 5) is 0. The van der Waals surface area contributed by atoms with Gasteiger partial charge < -0.3 is 4.74 Å². The highest BCUT2D eigenvalue weighted by Gasteiger charge is 2.51. The molecule has 1 nitrogen and oxygen atoms in total. The van der Waals surface area contributed by atoms with E-state index in [-0.39, 0.29) is 5.41 Å². The molecule has 2 atom stereocenters. The van der Waals surface area contributed by atoms with Crippen LogP contribution >= 0.6 is 0 Å². The Balaban J connectivity index is 2.23. The van der Waals surface area contributed by atoms with Gasteiger partial charge >= 0.3 is 0 Å². The molecule has 0 aliphatic heterocycles. The Bertz CT molecular complexity index is 268. The van der Waals surface area contributed by atoms with Crippen LogP contribution < -0.4 is 0 Å². The van der Waals surface area contributed by atoms with Crippen LogP contribution in [0.5, 0.6) is 0 Å². The van der Waals surface area contributed by atoms with Crippen molar-refractivity contribution >= 4 is 0 Å². The third-order valence-electron chi connectivity index (χ3n) is 2.88. The second kappa shape index (κ2) is 2.60. The molecule has 0 spiro atoms. The molecule has 0 aromatic heterocycles. The lowest BCUT2D eigenvalue weighted by Crippen LogP contribution is -2.08. The molecule has 0 amide bonds. The van der Waals surface area contributed by atoms with Crippen LogP contribution in [0.4, 0.5) is 0 Å². The monoisotopic (exact) mass is 162 g/mol. The average Bonchev–Trinajstić information content (AvgIpc) is 2.81. The van der Waals surface area contributed by atoms with E-state index in [1.807, 2.05) is 0 Å². The molecule has 2 rings (SSSR count). The van der Waals surface area contributed by atoms with Crippen LogP contribution in [0.1, 0.15) is 18.9 Å². The van der Waals surface area contributed by atoms with E-state index in [4.69, 9.17) is 4.74 Å². The van der Waals surface area contributed by atoms with Crippen molar-refractivity contribution < 1.29 is 4.74 Å². The fraction of sp³-hybridized carbons (Fsp3) is 0.455. The van der Waals surface area contributed by atoms with Gasteiger partial charge in [0.25, 0.3) is 0 Å². The molecule has 64 valence electrons. The van der Waals surface area contributed by atoms with E-state index in [0.29, 0.717) is 6.10 Å². The molecule has 0 saturated heterocycles. The molecule has 12 heavy (non-hydrogen) atoms. The number of ether oxygens (including phenoxy) is 1. The lowest BCUT2D eigenvalue weighted by Gasteiger charge is -2.09. The minimum Gasteiger partial charge on any atom is -0.381 e. The Morgan fingerprint density at radius 2 is 2.00 bits per heavy atom. The number of benzene rings is 1. The van der Waals surface area contributed by atoms with Crippen molar-refractivity contribution in [1.29, 1.82) is 0 Å². The normalized spacial score (nSPS) is 33.3. The maximum absolute atomic E-state index is 5.33. The highest BCUT2D eigenvalue weighted by Crippen LogP contribution is 2.49. The third-order valence-corrected chi connectivity index (χ3v) is 2.88. The highest BCUT2D eigenvalue weighted by atomic mass is 16.5. The molecule has 1 fully saturated rings. The molecule has 0 radical (unpaired) electrons. The molecule has 1 aliphatic carbocycles. The quantitative estimate of drug-likeness (QED) is 0.648. The maximum Gasteiger partial charge on any atom is 0.0675 e. The van der Waals surface area contributed by atoms with Gasteiger partial charge in [-0.1, -0.05) is 37.3 Å². The van der Waals surface area contributed by atoms with Crippen LogP contribution in [0.2, 0.25) is 0 Å². The Morgan fingerprint density at radius 1 is 1.33 bits per heavy atom. The van der Waals surface area contributed by atoms with E-state index in [1.165, 1.54) is 5.56 Å². The summed E-state index contributed by atoms with van der Waals surface area (Å²) in [7, 11) is 1.79. The zero-order valence-electron chi connectivity index (χ0n) is 7.58. The van der Waals surface area contributed by atoms with Gasteiger partial charge in [0.2, 0.25) is 0 Å². The molecular weight excluding hydrogens is 148 g/mol. The molecular formula is C11H14O. The maximum atomic E-state index is 5.33. The van der Waals surface area contributed by atoms with Gasteiger partial charge in [0.05, 0.1) is 6.10 Å². The first-order valence-corrected chi connectivity index (χ1v) is 4.36. The SMILES string of the molecule is CO[C@H]1C[C@@]1(C)c1ccccc1. The second-order valence-corrected chi connectivity index (χ2v) is 3.71. The summed E-state index contributed by atoms with van der Waals surface area (Å²) in [6, 6.07) is 10.6. The molecule has 0 unspecified atom stereocenters. The minimum absolute atomic E-state index is 0.288. The summed E-state index contributed by atoms with van der Waals surface area (Å²) in [6.45, 7) is 2.26. The summed E-state index contributed by atoms with van der Waals surface area (Å²) >= 11 is 0. The van der Waals surface area contributed by atoms with Gasteiger partial charge in [-0.15, -0.1) is 0 Å². The third kappa shape index (κ3) is 1.05. The second-order valence-electron chi connectivity index (χ2n) is 3.71. The molecule has 1 aromatic carbocycles. The lowest BCUT2D eigenvalue weighted by molar-refractivity contribution is 0.164. The molecule has 1 heteroatoms. The predicted octanol–water partition coefficient (Wildman–Crippen LogP) is 2.36. The fourth-order valence-electron chi connectivity index (χ4n) is 1.79. The molecule has 1 saturated carbocycles. The van der Waals surface area contributed by atoms with Gasteiger partial charge in [-0.25, -0.2) is 0 Å². The van der Waals surface area contributed by atoms with E-state index in [2.05, 4.69) is 37.3 Å². The van der Waals surface area contributed by atoms with Crippen molar-refractivity contribution in [3.8, 4) is 0 Å². The van der Waals surface area contributed by atoms with E-state index >= 15 is 0 Å². The average molecular weight is 162 g/mol. The number of hydrogen-bond acceptors (Lipinski definition) is 1. The van der Waals surface area contributed by atoms with Crippen LogP contribution in [0, 0.1) is 0 Å². The first-order valence-electron chi connectivity index (χ1n) is 4.36. The predicted molar refractivity (Wildman–Crippen MR) is 49.2 cm³/mol. The summed E-state index contributed by atoms with van der Waals surface area (Å²) in [5.41, 5.74) is 1.69. The Labute approximate surface area is 73.4 Å². The molecule has 0 bridgehead atoms. The van der Waals surface area contributed by atoms with Crippen molar-refractivity contribution in [3.05, 3.63) is 35.9 Å². The van der Waals surface area contributed by atoms with Crippen LogP contribution in [0.3, 0.4) is 0 Å². The Morgan fingerprint density at radius 3 is 2.50 bits per heavy atom. The highest BCUT2D eigenvalue weighted by molar-refractivity contribution is 5.33.